The van der Waals surface area contributed by atoms with Crippen LogP contribution in [0.3, 0.4) is 0 Å². The van der Waals surface area contributed by atoms with Crippen LogP contribution in [0.2, 0.25) is 0 Å². The standard InChI is InChI=1S/C13H22N4O2/c1-10(17-9-14-8-15-17)13(19)16(2)7-11-5-3-4-6-12(11)18/h8-12,18H,3-7H2,1-2H3. The van der Waals surface area contributed by atoms with Gasteiger partial charge in [0, 0.05) is 19.5 Å². The van der Waals surface area contributed by atoms with Gasteiger partial charge in [-0.05, 0) is 19.8 Å². The lowest BCUT2D eigenvalue weighted by Crippen LogP contribution is -2.40. The fourth-order valence-corrected chi connectivity index (χ4v) is 2.69. The van der Waals surface area contributed by atoms with Crippen molar-refractivity contribution in [3.8, 4) is 0 Å². The molecule has 0 saturated heterocycles. The normalized spacial score (nSPS) is 25.0. The minimum absolute atomic E-state index is 0.00303. The van der Waals surface area contributed by atoms with Crippen LogP contribution in [0, 0.1) is 5.92 Å². The van der Waals surface area contributed by atoms with Crippen LogP contribution in [-0.4, -0.2) is 50.4 Å². The number of hydrogen-bond acceptors (Lipinski definition) is 4. The number of carbonyl (C=O) groups is 1. The Balaban J connectivity index is 1.91. The van der Waals surface area contributed by atoms with E-state index >= 15 is 0 Å². The second-order valence-corrected chi connectivity index (χ2v) is 5.38. The lowest BCUT2D eigenvalue weighted by molar-refractivity contribution is -0.134. The van der Waals surface area contributed by atoms with E-state index in [4.69, 9.17) is 0 Å². The first-order valence-corrected chi connectivity index (χ1v) is 6.86. The molecule has 2 rings (SSSR count). The predicted octanol–water partition coefficient (Wildman–Crippen LogP) is 0.849. The maximum Gasteiger partial charge on any atom is 0.246 e. The average Bonchev–Trinajstić information content (AvgIpc) is 2.93. The summed E-state index contributed by atoms with van der Waals surface area (Å²) in [6.07, 6.45) is 6.78. The third kappa shape index (κ3) is 3.32. The van der Waals surface area contributed by atoms with E-state index in [2.05, 4.69) is 10.1 Å². The van der Waals surface area contributed by atoms with Gasteiger partial charge in [0.15, 0.2) is 0 Å². The Hall–Kier alpha value is -1.43. The van der Waals surface area contributed by atoms with E-state index in [-0.39, 0.29) is 24.0 Å². The van der Waals surface area contributed by atoms with Gasteiger partial charge in [-0.3, -0.25) is 4.79 Å². The average molecular weight is 266 g/mol. The van der Waals surface area contributed by atoms with E-state index in [1.54, 1.807) is 23.0 Å². The Kier molecular flexibility index (Phi) is 4.52. The molecule has 0 spiro atoms. The maximum absolute atomic E-state index is 12.3. The topological polar surface area (TPSA) is 71.2 Å². The first kappa shape index (κ1) is 14.0. The largest absolute Gasteiger partial charge is 0.393 e. The maximum atomic E-state index is 12.3. The van der Waals surface area contributed by atoms with Crippen LogP contribution >= 0.6 is 0 Å². The Morgan fingerprint density at radius 1 is 1.53 bits per heavy atom. The molecular formula is C13H22N4O2. The highest BCUT2D eigenvalue weighted by Crippen LogP contribution is 2.25. The van der Waals surface area contributed by atoms with E-state index in [0.29, 0.717) is 6.54 Å². The summed E-state index contributed by atoms with van der Waals surface area (Å²) in [7, 11) is 1.79. The molecule has 1 heterocycles. The van der Waals surface area contributed by atoms with Crippen LogP contribution in [0.15, 0.2) is 12.7 Å². The third-order valence-corrected chi connectivity index (χ3v) is 3.94. The molecular weight excluding hydrogens is 244 g/mol. The molecule has 1 N–H and O–H groups in total. The molecule has 1 aromatic heterocycles. The lowest BCUT2D eigenvalue weighted by atomic mass is 9.86. The van der Waals surface area contributed by atoms with Gasteiger partial charge in [-0.1, -0.05) is 12.8 Å². The molecule has 0 aliphatic heterocycles. The molecule has 3 unspecified atom stereocenters. The van der Waals surface area contributed by atoms with Gasteiger partial charge in [0.05, 0.1) is 6.10 Å². The highest BCUT2D eigenvalue weighted by atomic mass is 16.3. The summed E-state index contributed by atoms with van der Waals surface area (Å²) in [5.74, 6) is 0.203. The van der Waals surface area contributed by atoms with E-state index < -0.39 is 0 Å². The summed E-state index contributed by atoms with van der Waals surface area (Å²) in [4.78, 5) is 17.8. The highest BCUT2D eigenvalue weighted by molar-refractivity contribution is 5.79. The van der Waals surface area contributed by atoms with E-state index in [9.17, 15) is 9.90 Å². The molecule has 1 saturated carbocycles. The molecule has 19 heavy (non-hydrogen) atoms. The zero-order chi connectivity index (χ0) is 13.8. The van der Waals surface area contributed by atoms with Gasteiger partial charge in [-0.15, -0.1) is 0 Å². The summed E-state index contributed by atoms with van der Waals surface area (Å²) < 4.78 is 1.55. The van der Waals surface area contributed by atoms with Crippen molar-refractivity contribution >= 4 is 5.91 Å². The second kappa shape index (κ2) is 6.14. The number of aliphatic hydroxyl groups is 1. The molecule has 0 radical (unpaired) electrons. The minimum Gasteiger partial charge on any atom is -0.393 e. The van der Waals surface area contributed by atoms with Crippen molar-refractivity contribution < 1.29 is 9.90 Å². The number of hydrogen-bond donors (Lipinski definition) is 1. The SMILES string of the molecule is CC(C(=O)N(C)CC1CCCCC1O)n1cncn1. The smallest absolute Gasteiger partial charge is 0.246 e. The van der Waals surface area contributed by atoms with Crippen molar-refractivity contribution in [3.63, 3.8) is 0 Å². The molecule has 1 aliphatic rings. The molecule has 1 aliphatic carbocycles. The van der Waals surface area contributed by atoms with Crippen LogP contribution in [0.4, 0.5) is 0 Å². The predicted molar refractivity (Wildman–Crippen MR) is 70.3 cm³/mol. The lowest BCUT2D eigenvalue weighted by Gasteiger charge is -2.32. The molecule has 106 valence electrons. The van der Waals surface area contributed by atoms with E-state index in [1.807, 2.05) is 6.92 Å². The van der Waals surface area contributed by atoms with Gasteiger partial charge in [0.2, 0.25) is 5.91 Å². The molecule has 3 atom stereocenters. The number of amides is 1. The Morgan fingerprint density at radius 3 is 2.89 bits per heavy atom. The Labute approximate surface area is 113 Å². The number of carbonyl (C=O) groups excluding carboxylic acids is 1. The van der Waals surface area contributed by atoms with Gasteiger partial charge >= 0.3 is 0 Å². The van der Waals surface area contributed by atoms with Crippen molar-refractivity contribution in [3.05, 3.63) is 12.7 Å². The van der Waals surface area contributed by atoms with Gasteiger partial charge in [-0.2, -0.15) is 5.10 Å². The molecule has 6 heteroatoms. The van der Waals surface area contributed by atoms with Crippen LogP contribution in [-0.2, 0) is 4.79 Å². The summed E-state index contributed by atoms with van der Waals surface area (Å²) in [6.45, 7) is 2.42. The van der Waals surface area contributed by atoms with E-state index in [1.165, 1.54) is 6.33 Å². The summed E-state index contributed by atoms with van der Waals surface area (Å²) in [6, 6.07) is -0.353. The molecule has 1 aromatic rings. The van der Waals surface area contributed by atoms with Crippen LogP contribution in [0.25, 0.3) is 0 Å². The van der Waals surface area contributed by atoms with Crippen molar-refractivity contribution in [1.29, 1.82) is 0 Å². The van der Waals surface area contributed by atoms with Crippen molar-refractivity contribution in [1.82, 2.24) is 19.7 Å². The first-order chi connectivity index (χ1) is 9.09. The van der Waals surface area contributed by atoms with Gasteiger partial charge in [0.1, 0.15) is 18.7 Å². The monoisotopic (exact) mass is 266 g/mol. The van der Waals surface area contributed by atoms with Crippen LogP contribution in [0.1, 0.15) is 38.6 Å². The summed E-state index contributed by atoms with van der Waals surface area (Å²) in [5, 5.41) is 13.9. The highest BCUT2D eigenvalue weighted by Gasteiger charge is 2.27. The van der Waals surface area contributed by atoms with Crippen LogP contribution < -0.4 is 0 Å². The summed E-state index contributed by atoms with van der Waals surface area (Å²) in [5.41, 5.74) is 0. The zero-order valence-electron chi connectivity index (χ0n) is 11.6. The second-order valence-electron chi connectivity index (χ2n) is 5.38. The quantitative estimate of drug-likeness (QED) is 0.877. The van der Waals surface area contributed by atoms with Gasteiger partial charge in [0.25, 0.3) is 0 Å². The molecule has 6 nitrogen and oxygen atoms in total. The Morgan fingerprint density at radius 2 is 2.26 bits per heavy atom. The molecule has 1 amide bonds. The zero-order valence-corrected chi connectivity index (χ0v) is 11.6. The number of rotatable bonds is 4. The number of likely N-dealkylation sites (N-methyl/N-ethyl adjacent to an activating group) is 1. The molecule has 0 aromatic carbocycles. The third-order valence-electron chi connectivity index (χ3n) is 3.94. The Bertz CT molecular complexity index is 407. The fraction of sp³-hybridized carbons (Fsp3) is 0.769. The van der Waals surface area contributed by atoms with Gasteiger partial charge in [-0.25, -0.2) is 9.67 Å². The molecule has 1 fully saturated rings. The van der Waals surface area contributed by atoms with Crippen molar-refractivity contribution in [2.24, 2.45) is 5.92 Å². The van der Waals surface area contributed by atoms with E-state index in [0.717, 1.165) is 25.7 Å². The number of aromatic nitrogens is 3. The van der Waals surface area contributed by atoms with Crippen molar-refractivity contribution in [2.75, 3.05) is 13.6 Å². The first-order valence-electron chi connectivity index (χ1n) is 6.86. The number of aliphatic hydroxyl groups excluding tert-OH is 1. The van der Waals surface area contributed by atoms with Gasteiger partial charge < -0.3 is 10.0 Å². The summed E-state index contributed by atoms with van der Waals surface area (Å²) >= 11 is 0. The fourth-order valence-electron chi connectivity index (χ4n) is 2.69. The van der Waals surface area contributed by atoms with Crippen molar-refractivity contribution in [2.45, 2.75) is 44.8 Å². The minimum atomic E-state index is -0.353. The number of nitrogens with zero attached hydrogens (tertiary/aromatic N) is 4. The van der Waals surface area contributed by atoms with Crippen LogP contribution in [0.5, 0.6) is 0 Å². The molecule has 0 bridgehead atoms.